The van der Waals surface area contributed by atoms with E-state index in [1.54, 1.807) is 152 Å². The van der Waals surface area contributed by atoms with Crippen molar-refractivity contribution in [3.8, 4) is 11.1 Å². The Kier molecular flexibility index (Phi) is 8.27. The second kappa shape index (κ2) is 13.1. The zero-order valence-corrected chi connectivity index (χ0v) is 26.0. The Morgan fingerprint density at radius 2 is 0.816 bits per heavy atom. The van der Waals surface area contributed by atoms with Crippen LogP contribution in [0, 0.1) is 0 Å². The molecule has 0 fully saturated rings. The number of rotatable bonds is 9. The van der Waals surface area contributed by atoms with Gasteiger partial charge in [0.25, 0.3) is 0 Å². The zero-order valence-electron chi connectivity index (χ0n) is 26.0. The molecule has 1 aromatic heterocycles. The molecule has 6 heteroatoms. The van der Waals surface area contributed by atoms with Crippen molar-refractivity contribution in [1.82, 2.24) is 0 Å². The fourth-order valence-corrected chi connectivity index (χ4v) is 5.96. The van der Waals surface area contributed by atoms with Crippen molar-refractivity contribution < 1.29 is 23.6 Å². The highest BCUT2D eigenvalue weighted by molar-refractivity contribution is 6.29. The molecule has 0 saturated carbocycles. The quantitative estimate of drug-likeness (QED) is 0.147. The van der Waals surface area contributed by atoms with Crippen molar-refractivity contribution in [2.45, 2.75) is 0 Å². The molecule has 7 rings (SSSR count). The summed E-state index contributed by atoms with van der Waals surface area (Å²) in [5.41, 5.74) is -0.240. The number of fused-ring (bicyclic) bond motifs is 1. The lowest BCUT2D eigenvalue weighted by molar-refractivity contribution is 0.0991. The fourth-order valence-electron chi connectivity index (χ4n) is 5.96. The summed E-state index contributed by atoms with van der Waals surface area (Å²) in [4.78, 5) is 72.5. The Hall–Kier alpha value is -6.79. The Morgan fingerprint density at radius 1 is 0.429 bits per heavy atom. The summed E-state index contributed by atoms with van der Waals surface area (Å²) in [6, 6.07) is 43.0. The second-order valence-corrected chi connectivity index (χ2v) is 11.3. The van der Waals surface area contributed by atoms with E-state index in [4.69, 9.17) is 4.42 Å². The Morgan fingerprint density at radius 3 is 1.29 bits per heavy atom. The van der Waals surface area contributed by atoms with Crippen LogP contribution in [0.15, 0.2) is 167 Å². The second-order valence-electron chi connectivity index (χ2n) is 11.3. The van der Waals surface area contributed by atoms with Gasteiger partial charge in [-0.3, -0.25) is 24.0 Å². The Balaban J connectivity index is 1.66. The average molecular weight is 639 g/mol. The van der Waals surface area contributed by atoms with E-state index in [0.29, 0.717) is 5.56 Å². The predicted octanol–water partition coefficient (Wildman–Crippen LogP) is 8.38. The molecule has 0 aliphatic rings. The van der Waals surface area contributed by atoms with E-state index in [1.807, 2.05) is 0 Å². The van der Waals surface area contributed by atoms with Gasteiger partial charge in [0.05, 0.1) is 10.9 Å². The van der Waals surface area contributed by atoms with Crippen LogP contribution < -0.4 is 5.43 Å². The minimum absolute atomic E-state index is 0.0655. The minimum Gasteiger partial charge on any atom is -0.452 e. The molecule has 6 nitrogen and oxygen atoms in total. The molecule has 0 saturated heterocycles. The van der Waals surface area contributed by atoms with E-state index in [-0.39, 0.29) is 61.2 Å². The summed E-state index contributed by atoms with van der Waals surface area (Å²) < 4.78 is 6.37. The van der Waals surface area contributed by atoms with Gasteiger partial charge >= 0.3 is 0 Å². The van der Waals surface area contributed by atoms with Gasteiger partial charge in [0, 0.05) is 38.9 Å². The topological polar surface area (TPSA) is 98.5 Å². The van der Waals surface area contributed by atoms with Crippen LogP contribution in [0.4, 0.5) is 0 Å². The van der Waals surface area contributed by atoms with Crippen LogP contribution >= 0.6 is 0 Å². The first kappa shape index (κ1) is 30.8. The zero-order chi connectivity index (χ0) is 33.9. The molecule has 0 amide bonds. The van der Waals surface area contributed by atoms with Crippen LogP contribution in [0.3, 0.4) is 0 Å². The van der Waals surface area contributed by atoms with Crippen LogP contribution in [0.2, 0.25) is 0 Å². The van der Waals surface area contributed by atoms with Crippen LogP contribution in [0.1, 0.15) is 63.9 Å². The van der Waals surface area contributed by atoms with E-state index in [2.05, 4.69) is 0 Å². The van der Waals surface area contributed by atoms with E-state index in [0.717, 1.165) is 0 Å². The fraction of sp³-hybridized carbons (Fsp3) is 0. The first-order valence-corrected chi connectivity index (χ1v) is 15.6. The van der Waals surface area contributed by atoms with E-state index >= 15 is 0 Å². The number of benzene rings is 6. The number of hydrogen-bond acceptors (Lipinski definition) is 6. The number of carbonyl (C=O) groups is 4. The van der Waals surface area contributed by atoms with E-state index in [1.165, 1.54) is 6.07 Å². The standard InChI is InChI=1S/C43H26O6/c44-38(28-18-8-2-9-19-28)32-26-33-36(37(40(46)30-22-12-4-13-23-30)35(32)39(45)29-20-10-3-11-21-29)42(48)34(27-16-6-1-7-17-27)43(49-33)41(47)31-24-14-5-15-25-31/h1-26H. The highest BCUT2D eigenvalue weighted by Gasteiger charge is 2.33. The normalized spacial score (nSPS) is 10.9. The molecule has 1 heterocycles. The van der Waals surface area contributed by atoms with Crippen LogP contribution in [0.5, 0.6) is 0 Å². The molecule has 0 N–H and O–H groups in total. The summed E-state index contributed by atoms with van der Waals surface area (Å²) in [5.74, 6) is -2.65. The lowest BCUT2D eigenvalue weighted by Gasteiger charge is -2.18. The van der Waals surface area contributed by atoms with Gasteiger partial charge in [0.1, 0.15) is 5.58 Å². The third-order valence-electron chi connectivity index (χ3n) is 8.30. The maximum Gasteiger partial charge on any atom is 0.228 e. The van der Waals surface area contributed by atoms with Gasteiger partial charge in [-0.1, -0.05) is 152 Å². The van der Waals surface area contributed by atoms with Gasteiger partial charge in [0.15, 0.2) is 23.1 Å². The molecule has 0 aliphatic carbocycles. The summed E-state index contributed by atoms with van der Waals surface area (Å²) >= 11 is 0. The van der Waals surface area contributed by atoms with Crippen molar-refractivity contribution in [2.24, 2.45) is 0 Å². The molecule has 0 spiro atoms. The molecule has 0 unspecified atom stereocenters. The van der Waals surface area contributed by atoms with Crippen molar-refractivity contribution in [3.63, 3.8) is 0 Å². The molecular weight excluding hydrogens is 612 g/mol. The molecule has 6 aromatic carbocycles. The van der Waals surface area contributed by atoms with Crippen molar-refractivity contribution in [3.05, 3.63) is 213 Å². The Bertz CT molecular complexity index is 2430. The highest BCUT2D eigenvalue weighted by atomic mass is 16.3. The molecule has 49 heavy (non-hydrogen) atoms. The van der Waals surface area contributed by atoms with Crippen molar-refractivity contribution >= 4 is 34.1 Å². The van der Waals surface area contributed by atoms with Gasteiger partial charge in [-0.2, -0.15) is 0 Å². The minimum atomic E-state index is -0.688. The van der Waals surface area contributed by atoms with Crippen LogP contribution in [-0.4, -0.2) is 23.1 Å². The Labute approximate surface area is 280 Å². The van der Waals surface area contributed by atoms with Crippen LogP contribution in [-0.2, 0) is 0 Å². The van der Waals surface area contributed by atoms with E-state index in [9.17, 15) is 24.0 Å². The summed E-state index contributed by atoms with van der Waals surface area (Å²) in [7, 11) is 0. The first-order valence-electron chi connectivity index (χ1n) is 15.6. The van der Waals surface area contributed by atoms with Gasteiger partial charge < -0.3 is 4.42 Å². The maximum atomic E-state index is 14.9. The largest absolute Gasteiger partial charge is 0.452 e. The monoisotopic (exact) mass is 638 g/mol. The first-order chi connectivity index (χ1) is 23.9. The van der Waals surface area contributed by atoms with Gasteiger partial charge in [-0.05, 0) is 11.6 Å². The van der Waals surface area contributed by atoms with Gasteiger partial charge in [-0.15, -0.1) is 0 Å². The predicted molar refractivity (Wildman–Crippen MR) is 187 cm³/mol. The lowest BCUT2D eigenvalue weighted by atomic mass is 9.84. The van der Waals surface area contributed by atoms with E-state index < -0.39 is 28.6 Å². The summed E-state index contributed by atoms with van der Waals surface area (Å²) in [5, 5.41) is -0.207. The third-order valence-corrected chi connectivity index (χ3v) is 8.30. The van der Waals surface area contributed by atoms with Crippen molar-refractivity contribution in [1.29, 1.82) is 0 Å². The summed E-state index contributed by atoms with van der Waals surface area (Å²) in [6.07, 6.45) is 0. The third kappa shape index (κ3) is 5.72. The lowest BCUT2D eigenvalue weighted by Crippen LogP contribution is -2.22. The number of ketones is 4. The number of carbonyl (C=O) groups excluding carboxylic acids is 4. The van der Waals surface area contributed by atoms with Gasteiger partial charge in [0.2, 0.25) is 11.2 Å². The highest BCUT2D eigenvalue weighted by Crippen LogP contribution is 2.34. The molecule has 0 atom stereocenters. The van der Waals surface area contributed by atoms with Gasteiger partial charge in [-0.25, -0.2) is 0 Å². The molecule has 0 bridgehead atoms. The molecule has 0 aliphatic heterocycles. The summed E-state index contributed by atoms with van der Waals surface area (Å²) in [6.45, 7) is 0. The average Bonchev–Trinajstić information content (AvgIpc) is 3.17. The SMILES string of the molecule is O=C(c1ccccc1)c1cc2oc(C(=O)c3ccccc3)c(-c3ccccc3)c(=O)c2c(C(=O)c2ccccc2)c1C(=O)c1ccccc1. The van der Waals surface area contributed by atoms with Crippen LogP contribution in [0.25, 0.3) is 22.1 Å². The molecular formula is C43H26O6. The smallest absolute Gasteiger partial charge is 0.228 e. The number of hydrogen-bond donors (Lipinski definition) is 0. The maximum absolute atomic E-state index is 14.9. The molecule has 7 aromatic rings. The molecule has 234 valence electrons. The van der Waals surface area contributed by atoms with Crippen molar-refractivity contribution in [2.75, 3.05) is 0 Å². The molecule has 0 radical (unpaired) electrons.